The van der Waals surface area contributed by atoms with Gasteiger partial charge in [0.05, 0.1) is 6.33 Å². The second kappa shape index (κ2) is 10.5. The monoisotopic (exact) mass is 279 g/mol. The first-order valence-corrected chi connectivity index (χ1v) is 8.01. The van der Waals surface area contributed by atoms with Gasteiger partial charge in [-0.05, 0) is 25.7 Å². The highest BCUT2D eigenvalue weighted by Crippen LogP contribution is 2.07. The van der Waals surface area contributed by atoms with Gasteiger partial charge in [0.1, 0.15) is 0 Å². The predicted molar refractivity (Wildman–Crippen MR) is 82.5 cm³/mol. The van der Waals surface area contributed by atoms with Gasteiger partial charge in [-0.15, -0.1) is 0 Å². The molecule has 1 amide bonds. The number of carbonyl (C=O) groups is 1. The van der Waals surface area contributed by atoms with Crippen LogP contribution in [0.15, 0.2) is 18.7 Å². The average molecular weight is 279 g/mol. The summed E-state index contributed by atoms with van der Waals surface area (Å²) >= 11 is 0. The first-order chi connectivity index (χ1) is 9.77. The molecule has 0 aromatic carbocycles. The Labute approximate surface area is 123 Å². The van der Waals surface area contributed by atoms with Crippen LogP contribution in [0.1, 0.15) is 58.8 Å². The van der Waals surface area contributed by atoms with Crippen molar-refractivity contribution in [2.75, 3.05) is 13.1 Å². The van der Waals surface area contributed by atoms with E-state index >= 15 is 0 Å². The third-order valence-corrected chi connectivity index (χ3v) is 3.46. The summed E-state index contributed by atoms with van der Waals surface area (Å²) in [6.07, 6.45) is 13.0. The molecular formula is C16H29N3O. The molecule has 0 radical (unpaired) electrons. The molecule has 1 heterocycles. The zero-order valence-electron chi connectivity index (χ0n) is 13.1. The fourth-order valence-electron chi connectivity index (χ4n) is 2.40. The Bertz CT molecular complexity index is 343. The number of imidazole rings is 1. The summed E-state index contributed by atoms with van der Waals surface area (Å²) < 4.78 is 2.11. The number of aryl methyl sites for hydroxylation is 1. The van der Waals surface area contributed by atoms with Gasteiger partial charge in [0.15, 0.2) is 0 Å². The summed E-state index contributed by atoms with van der Waals surface area (Å²) in [4.78, 5) is 18.1. The fourth-order valence-corrected chi connectivity index (χ4v) is 2.40. The van der Waals surface area contributed by atoms with Gasteiger partial charge in [-0.3, -0.25) is 4.79 Å². The Morgan fingerprint density at radius 2 is 1.80 bits per heavy atom. The van der Waals surface area contributed by atoms with Gasteiger partial charge < -0.3 is 9.47 Å². The minimum atomic E-state index is 0.336. The summed E-state index contributed by atoms with van der Waals surface area (Å²) in [6, 6.07) is 0. The maximum Gasteiger partial charge on any atom is 0.222 e. The van der Waals surface area contributed by atoms with Crippen molar-refractivity contribution in [3.8, 4) is 0 Å². The third-order valence-electron chi connectivity index (χ3n) is 3.46. The van der Waals surface area contributed by atoms with E-state index in [1.54, 1.807) is 0 Å². The highest BCUT2D eigenvalue weighted by Gasteiger charge is 2.10. The van der Waals surface area contributed by atoms with E-state index in [4.69, 9.17) is 0 Å². The van der Waals surface area contributed by atoms with E-state index in [0.29, 0.717) is 12.3 Å². The molecule has 20 heavy (non-hydrogen) atoms. The van der Waals surface area contributed by atoms with Crippen LogP contribution in [0.3, 0.4) is 0 Å². The molecule has 0 aliphatic heterocycles. The van der Waals surface area contributed by atoms with E-state index in [1.165, 1.54) is 6.42 Å². The largest absolute Gasteiger partial charge is 0.343 e. The second-order valence-electron chi connectivity index (χ2n) is 5.35. The van der Waals surface area contributed by atoms with Gasteiger partial charge in [0.25, 0.3) is 0 Å². The number of nitrogens with zero attached hydrogens (tertiary/aromatic N) is 3. The number of hydrogen-bond donors (Lipinski definition) is 0. The molecule has 0 unspecified atom stereocenters. The summed E-state index contributed by atoms with van der Waals surface area (Å²) in [5, 5.41) is 0. The summed E-state index contributed by atoms with van der Waals surface area (Å²) in [6.45, 7) is 7.12. The first-order valence-electron chi connectivity index (χ1n) is 8.01. The maximum atomic E-state index is 12.1. The summed E-state index contributed by atoms with van der Waals surface area (Å²) in [5.41, 5.74) is 0. The third kappa shape index (κ3) is 6.73. The van der Waals surface area contributed by atoms with Crippen LogP contribution in [0.5, 0.6) is 0 Å². The van der Waals surface area contributed by atoms with Crippen LogP contribution in [0.25, 0.3) is 0 Å². The lowest BCUT2D eigenvalue weighted by molar-refractivity contribution is -0.131. The minimum Gasteiger partial charge on any atom is -0.343 e. The van der Waals surface area contributed by atoms with Crippen molar-refractivity contribution in [3.63, 3.8) is 0 Å². The molecule has 0 spiro atoms. The van der Waals surface area contributed by atoms with Crippen molar-refractivity contribution in [3.05, 3.63) is 18.7 Å². The molecule has 114 valence electrons. The second-order valence-corrected chi connectivity index (χ2v) is 5.35. The van der Waals surface area contributed by atoms with Crippen molar-refractivity contribution in [2.24, 2.45) is 0 Å². The number of unbranched alkanes of at least 4 members (excludes halogenated alkanes) is 3. The van der Waals surface area contributed by atoms with Crippen LogP contribution in [0.2, 0.25) is 0 Å². The van der Waals surface area contributed by atoms with Crippen molar-refractivity contribution in [1.82, 2.24) is 14.5 Å². The molecule has 0 aliphatic carbocycles. The molecule has 4 nitrogen and oxygen atoms in total. The lowest BCUT2D eigenvalue weighted by atomic mass is 10.1. The number of carbonyl (C=O) groups excluding carboxylic acids is 1. The van der Waals surface area contributed by atoms with Crippen LogP contribution in [0, 0.1) is 0 Å². The summed E-state index contributed by atoms with van der Waals surface area (Å²) in [5.74, 6) is 0.336. The van der Waals surface area contributed by atoms with Gasteiger partial charge in [0.2, 0.25) is 5.91 Å². The van der Waals surface area contributed by atoms with Crippen LogP contribution in [-0.4, -0.2) is 33.4 Å². The molecule has 0 aliphatic rings. The normalized spacial score (nSPS) is 10.7. The SMILES string of the molecule is CCCN(CCC)C(=O)CCCCCCn1ccnc1. The highest BCUT2D eigenvalue weighted by molar-refractivity contribution is 5.76. The molecule has 0 saturated carbocycles. The Morgan fingerprint density at radius 1 is 1.10 bits per heavy atom. The number of hydrogen-bond acceptors (Lipinski definition) is 2. The van der Waals surface area contributed by atoms with E-state index in [1.807, 2.05) is 23.6 Å². The molecule has 1 rings (SSSR count). The van der Waals surface area contributed by atoms with E-state index in [0.717, 1.165) is 51.7 Å². The fraction of sp³-hybridized carbons (Fsp3) is 0.750. The quantitative estimate of drug-likeness (QED) is 0.582. The summed E-state index contributed by atoms with van der Waals surface area (Å²) in [7, 11) is 0. The number of aromatic nitrogens is 2. The Balaban J connectivity index is 2.05. The van der Waals surface area contributed by atoms with Crippen LogP contribution >= 0.6 is 0 Å². The molecule has 0 saturated heterocycles. The molecule has 4 heteroatoms. The van der Waals surface area contributed by atoms with Gasteiger partial charge in [0, 0.05) is 38.4 Å². The van der Waals surface area contributed by atoms with E-state index in [-0.39, 0.29) is 0 Å². The van der Waals surface area contributed by atoms with Crippen molar-refractivity contribution < 1.29 is 4.79 Å². The van der Waals surface area contributed by atoms with Gasteiger partial charge in [-0.2, -0.15) is 0 Å². The van der Waals surface area contributed by atoms with E-state index < -0.39 is 0 Å². The van der Waals surface area contributed by atoms with E-state index in [2.05, 4.69) is 23.4 Å². The van der Waals surface area contributed by atoms with Crippen molar-refractivity contribution in [1.29, 1.82) is 0 Å². The van der Waals surface area contributed by atoms with Crippen LogP contribution < -0.4 is 0 Å². The Kier molecular flexibility index (Phi) is 8.76. The van der Waals surface area contributed by atoms with Gasteiger partial charge in [-0.1, -0.05) is 26.7 Å². The molecule has 1 aromatic rings. The topological polar surface area (TPSA) is 38.1 Å². The standard InChI is InChI=1S/C16H29N3O/c1-3-11-19(12-4-2)16(20)9-7-5-6-8-13-18-14-10-17-15-18/h10,14-15H,3-9,11-13H2,1-2H3. The Morgan fingerprint density at radius 3 is 2.40 bits per heavy atom. The zero-order chi connectivity index (χ0) is 14.6. The number of amides is 1. The molecule has 0 fully saturated rings. The molecule has 0 atom stereocenters. The lowest BCUT2D eigenvalue weighted by Crippen LogP contribution is -2.32. The number of rotatable bonds is 11. The van der Waals surface area contributed by atoms with Crippen LogP contribution in [-0.2, 0) is 11.3 Å². The van der Waals surface area contributed by atoms with E-state index in [9.17, 15) is 4.79 Å². The zero-order valence-corrected chi connectivity index (χ0v) is 13.1. The molecule has 1 aromatic heterocycles. The average Bonchev–Trinajstić information content (AvgIpc) is 2.95. The van der Waals surface area contributed by atoms with Crippen LogP contribution in [0.4, 0.5) is 0 Å². The predicted octanol–water partition coefficient (Wildman–Crippen LogP) is 3.48. The smallest absolute Gasteiger partial charge is 0.222 e. The van der Waals surface area contributed by atoms with Gasteiger partial charge >= 0.3 is 0 Å². The van der Waals surface area contributed by atoms with Crippen molar-refractivity contribution in [2.45, 2.75) is 65.3 Å². The maximum absolute atomic E-state index is 12.1. The van der Waals surface area contributed by atoms with Gasteiger partial charge in [-0.25, -0.2) is 4.98 Å². The Hall–Kier alpha value is -1.32. The minimum absolute atomic E-state index is 0.336. The first kappa shape index (κ1) is 16.7. The molecule has 0 N–H and O–H groups in total. The molecular weight excluding hydrogens is 250 g/mol. The molecule has 0 bridgehead atoms. The van der Waals surface area contributed by atoms with Crippen molar-refractivity contribution >= 4 is 5.91 Å². The highest BCUT2D eigenvalue weighted by atomic mass is 16.2. The lowest BCUT2D eigenvalue weighted by Gasteiger charge is -2.21.